The summed E-state index contributed by atoms with van der Waals surface area (Å²) < 4.78 is 2.00. The van der Waals surface area contributed by atoms with Crippen LogP contribution in [-0.4, -0.2) is 43.9 Å². The summed E-state index contributed by atoms with van der Waals surface area (Å²) in [4.78, 5) is 14.9. The van der Waals surface area contributed by atoms with Crippen LogP contribution in [0.25, 0.3) is 0 Å². The molecule has 1 saturated carbocycles. The third-order valence-electron chi connectivity index (χ3n) is 5.10. The van der Waals surface area contributed by atoms with E-state index in [4.69, 9.17) is 0 Å². The third kappa shape index (κ3) is 3.62. The van der Waals surface area contributed by atoms with Crippen LogP contribution in [0.3, 0.4) is 0 Å². The van der Waals surface area contributed by atoms with E-state index in [0.29, 0.717) is 18.3 Å². The minimum absolute atomic E-state index is 0.261. The predicted molar refractivity (Wildman–Crippen MR) is 92.4 cm³/mol. The van der Waals surface area contributed by atoms with E-state index in [1.165, 1.54) is 43.9 Å². The molecule has 5 nitrogen and oxygen atoms in total. The van der Waals surface area contributed by atoms with E-state index in [1.54, 1.807) is 0 Å². The monoisotopic (exact) mass is 334 g/mol. The van der Waals surface area contributed by atoms with E-state index in [1.807, 2.05) is 17.6 Å². The maximum Gasteiger partial charge on any atom is 0.233 e. The number of hydrogen-bond donors (Lipinski definition) is 0. The summed E-state index contributed by atoms with van der Waals surface area (Å²) in [7, 11) is 0. The molecule has 23 heavy (non-hydrogen) atoms. The van der Waals surface area contributed by atoms with Crippen molar-refractivity contribution in [2.45, 2.75) is 63.2 Å². The zero-order valence-electron chi connectivity index (χ0n) is 13.9. The van der Waals surface area contributed by atoms with Gasteiger partial charge in [-0.05, 0) is 38.5 Å². The number of piperidine rings is 1. The number of rotatable bonds is 5. The highest BCUT2D eigenvalue weighted by molar-refractivity contribution is 7.99. The van der Waals surface area contributed by atoms with E-state index in [-0.39, 0.29) is 5.91 Å². The first-order valence-electron chi connectivity index (χ1n) is 8.63. The molecule has 0 aromatic carbocycles. The summed E-state index contributed by atoms with van der Waals surface area (Å²) in [5.41, 5.74) is 0. The Morgan fingerprint density at radius 2 is 2.09 bits per heavy atom. The van der Waals surface area contributed by atoms with Crippen molar-refractivity contribution in [3.05, 3.63) is 18.5 Å². The fraction of sp³-hybridized carbons (Fsp3) is 0.706. The second-order valence-electron chi connectivity index (χ2n) is 6.56. The Morgan fingerprint density at radius 3 is 2.91 bits per heavy atom. The molecule has 1 aromatic rings. The van der Waals surface area contributed by atoms with Gasteiger partial charge in [-0.3, -0.25) is 4.79 Å². The number of aromatic nitrogens is 3. The molecule has 0 N–H and O–H groups in total. The van der Waals surface area contributed by atoms with Gasteiger partial charge in [0.1, 0.15) is 5.82 Å². The topological polar surface area (TPSA) is 51.0 Å². The lowest BCUT2D eigenvalue weighted by Crippen LogP contribution is -2.50. The van der Waals surface area contributed by atoms with Crippen molar-refractivity contribution in [1.29, 1.82) is 0 Å². The molecule has 126 valence electrons. The lowest BCUT2D eigenvalue weighted by atomic mass is 9.78. The summed E-state index contributed by atoms with van der Waals surface area (Å²) in [6, 6.07) is 0.485. The molecule has 0 spiro atoms. The average molecular weight is 334 g/mol. The normalized spacial score (nSPS) is 24.3. The Hall–Kier alpha value is -1.30. The van der Waals surface area contributed by atoms with Crippen molar-refractivity contribution in [2.24, 2.45) is 5.92 Å². The van der Waals surface area contributed by atoms with Gasteiger partial charge >= 0.3 is 0 Å². The Balaban J connectivity index is 1.61. The first-order valence-corrected chi connectivity index (χ1v) is 9.62. The molecule has 1 amide bonds. The Kier molecular flexibility index (Phi) is 5.41. The van der Waals surface area contributed by atoms with E-state index in [9.17, 15) is 4.79 Å². The number of amides is 1. The zero-order valence-corrected chi connectivity index (χ0v) is 14.7. The highest BCUT2D eigenvalue weighted by Gasteiger charge is 2.35. The first-order chi connectivity index (χ1) is 11.2. The minimum Gasteiger partial charge on any atom is -0.339 e. The summed E-state index contributed by atoms with van der Waals surface area (Å²) in [5.74, 6) is 2.32. The lowest BCUT2D eigenvalue weighted by Gasteiger charge is -2.44. The van der Waals surface area contributed by atoms with Crippen LogP contribution in [0, 0.1) is 12.8 Å². The number of carbonyl (C=O) groups excluding carboxylic acids is 1. The predicted octanol–water partition coefficient (Wildman–Crippen LogP) is 3.05. The lowest BCUT2D eigenvalue weighted by molar-refractivity contribution is -0.134. The van der Waals surface area contributed by atoms with Crippen molar-refractivity contribution in [3.63, 3.8) is 0 Å². The Bertz CT molecular complexity index is 569. The number of likely N-dealkylation sites (tertiary alicyclic amines) is 1. The highest BCUT2D eigenvalue weighted by Crippen LogP contribution is 2.35. The number of allylic oxidation sites excluding steroid dienone is 1. The van der Waals surface area contributed by atoms with Gasteiger partial charge in [-0.15, -0.1) is 16.8 Å². The van der Waals surface area contributed by atoms with Gasteiger partial charge in [-0.1, -0.05) is 30.7 Å². The molecular formula is C17H26N4OS. The molecule has 1 aliphatic heterocycles. The molecule has 2 aliphatic rings. The Morgan fingerprint density at radius 1 is 1.30 bits per heavy atom. The SMILES string of the molecule is C=CCn1c(C)nnc1SCC(=O)N1CCCC2CCCCC21. The van der Waals surface area contributed by atoms with E-state index < -0.39 is 0 Å². The van der Waals surface area contributed by atoms with Crippen molar-refractivity contribution >= 4 is 17.7 Å². The van der Waals surface area contributed by atoms with Crippen molar-refractivity contribution < 1.29 is 4.79 Å². The molecule has 3 rings (SSSR count). The number of fused-ring (bicyclic) bond motifs is 1. The number of nitrogens with zero attached hydrogens (tertiary/aromatic N) is 4. The fourth-order valence-electron chi connectivity index (χ4n) is 3.95. The van der Waals surface area contributed by atoms with Gasteiger partial charge in [0, 0.05) is 19.1 Å². The van der Waals surface area contributed by atoms with Gasteiger partial charge in [-0.2, -0.15) is 0 Å². The number of hydrogen-bond acceptors (Lipinski definition) is 4. The summed E-state index contributed by atoms with van der Waals surface area (Å²) in [6.07, 6.45) is 9.38. The van der Waals surface area contributed by atoms with E-state index >= 15 is 0 Å². The van der Waals surface area contributed by atoms with Gasteiger partial charge in [0.2, 0.25) is 5.91 Å². The minimum atomic E-state index is 0.261. The molecular weight excluding hydrogens is 308 g/mol. The van der Waals surface area contributed by atoms with Gasteiger partial charge in [-0.25, -0.2) is 0 Å². The smallest absolute Gasteiger partial charge is 0.233 e. The van der Waals surface area contributed by atoms with Crippen LogP contribution >= 0.6 is 11.8 Å². The van der Waals surface area contributed by atoms with E-state index in [0.717, 1.165) is 29.9 Å². The zero-order chi connectivity index (χ0) is 16.2. The molecule has 6 heteroatoms. The van der Waals surface area contributed by atoms with Crippen LogP contribution in [0.15, 0.2) is 17.8 Å². The molecule has 0 radical (unpaired) electrons. The molecule has 2 fully saturated rings. The maximum absolute atomic E-state index is 12.7. The van der Waals surface area contributed by atoms with Crippen LogP contribution in [0.4, 0.5) is 0 Å². The molecule has 2 unspecified atom stereocenters. The van der Waals surface area contributed by atoms with Crippen LogP contribution in [0.1, 0.15) is 44.3 Å². The quantitative estimate of drug-likeness (QED) is 0.613. The average Bonchev–Trinajstić information content (AvgIpc) is 2.93. The van der Waals surface area contributed by atoms with Gasteiger partial charge in [0.15, 0.2) is 5.16 Å². The summed E-state index contributed by atoms with van der Waals surface area (Å²) >= 11 is 1.50. The molecule has 1 aliphatic carbocycles. The van der Waals surface area contributed by atoms with Gasteiger partial charge < -0.3 is 9.47 Å². The molecule has 1 aromatic heterocycles. The highest BCUT2D eigenvalue weighted by atomic mass is 32.2. The fourth-order valence-corrected chi connectivity index (χ4v) is 4.83. The number of thioether (sulfide) groups is 1. The van der Waals surface area contributed by atoms with Gasteiger partial charge in [0.25, 0.3) is 0 Å². The van der Waals surface area contributed by atoms with Crippen molar-refractivity contribution in [2.75, 3.05) is 12.3 Å². The van der Waals surface area contributed by atoms with Gasteiger partial charge in [0.05, 0.1) is 5.75 Å². The number of carbonyl (C=O) groups is 1. The standard InChI is InChI=1S/C17H26N4OS/c1-3-10-20-13(2)18-19-17(20)23-12-16(22)21-11-6-8-14-7-4-5-9-15(14)21/h3,14-15H,1,4-12H2,2H3. The summed E-state index contributed by atoms with van der Waals surface area (Å²) in [5, 5.41) is 9.11. The molecule has 1 saturated heterocycles. The molecule has 2 heterocycles. The Labute approximate surface area is 142 Å². The largest absolute Gasteiger partial charge is 0.339 e. The second kappa shape index (κ2) is 7.51. The van der Waals surface area contributed by atoms with E-state index in [2.05, 4.69) is 21.7 Å². The van der Waals surface area contributed by atoms with Crippen molar-refractivity contribution in [3.8, 4) is 0 Å². The number of aryl methyl sites for hydroxylation is 1. The first kappa shape index (κ1) is 16.6. The molecule has 0 bridgehead atoms. The van der Waals surface area contributed by atoms with Crippen LogP contribution < -0.4 is 0 Å². The molecule has 2 atom stereocenters. The third-order valence-corrected chi connectivity index (χ3v) is 6.05. The van der Waals surface area contributed by atoms with Crippen LogP contribution in [0.5, 0.6) is 0 Å². The summed E-state index contributed by atoms with van der Waals surface area (Å²) in [6.45, 7) is 7.31. The van der Waals surface area contributed by atoms with Crippen LogP contribution in [-0.2, 0) is 11.3 Å². The maximum atomic E-state index is 12.7. The van der Waals surface area contributed by atoms with Crippen molar-refractivity contribution in [1.82, 2.24) is 19.7 Å². The van der Waals surface area contributed by atoms with Crippen LogP contribution in [0.2, 0.25) is 0 Å². The second-order valence-corrected chi connectivity index (χ2v) is 7.50.